The van der Waals surface area contributed by atoms with Crippen LogP contribution in [0.3, 0.4) is 0 Å². The normalized spacial score (nSPS) is 18.2. The fraction of sp³-hybridized carbons (Fsp3) is 0.458. The predicted molar refractivity (Wildman–Crippen MR) is 122 cm³/mol. The van der Waals surface area contributed by atoms with Gasteiger partial charge >= 0.3 is 0 Å². The second-order valence-corrected chi connectivity index (χ2v) is 10.9. The summed E-state index contributed by atoms with van der Waals surface area (Å²) in [4.78, 5) is 25.0. The van der Waals surface area contributed by atoms with Crippen LogP contribution in [0.25, 0.3) is 10.8 Å². The fourth-order valence-corrected chi connectivity index (χ4v) is 5.72. The largest absolute Gasteiger partial charge is 0.356 e. The number of fused-ring (bicyclic) bond motifs is 1. The first kappa shape index (κ1) is 23.7. The highest BCUT2D eigenvalue weighted by Gasteiger charge is 2.32. The summed E-state index contributed by atoms with van der Waals surface area (Å²) in [5.41, 5.74) is 0. The summed E-state index contributed by atoms with van der Waals surface area (Å²) in [6.45, 7) is 4.41. The van der Waals surface area contributed by atoms with E-state index < -0.39 is 27.7 Å². The van der Waals surface area contributed by atoms with E-state index in [-0.39, 0.29) is 34.8 Å². The Morgan fingerprint density at radius 1 is 1.22 bits per heavy atom. The van der Waals surface area contributed by atoms with Crippen molar-refractivity contribution in [3.05, 3.63) is 42.5 Å². The zero-order chi connectivity index (χ0) is 23.3. The second kappa shape index (κ2) is 10.1. The van der Waals surface area contributed by atoms with E-state index in [0.717, 1.165) is 10.8 Å². The number of sulfone groups is 1. The maximum absolute atomic E-state index is 13.2. The molecule has 3 atom stereocenters. The molecular weight excluding hydrogens is 426 g/mol. The van der Waals surface area contributed by atoms with E-state index in [2.05, 4.69) is 10.6 Å². The van der Waals surface area contributed by atoms with E-state index in [0.29, 0.717) is 19.4 Å². The Balaban J connectivity index is 1.76. The van der Waals surface area contributed by atoms with Crippen LogP contribution in [0.15, 0.2) is 47.4 Å². The smallest absolute Gasteiger partial charge is 0.225 e. The first-order valence-electron chi connectivity index (χ1n) is 10.9. The molecule has 1 heterocycles. The molecular formula is C24H29N3O4S. The lowest BCUT2D eigenvalue weighted by atomic mass is 9.96. The predicted octanol–water partition coefficient (Wildman–Crippen LogP) is 2.81. The van der Waals surface area contributed by atoms with Crippen LogP contribution in [-0.4, -0.2) is 38.6 Å². The Morgan fingerprint density at radius 2 is 1.94 bits per heavy atom. The molecule has 0 spiro atoms. The number of carbonyl (C=O) groups is 2. The molecule has 1 saturated heterocycles. The molecule has 1 aliphatic heterocycles. The number of nitrogens with zero attached hydrogens (tertiary/aromatic N) is 1. The van der Waals surface area contributed by atoms with Crippen LogP contribution >= 0.6 is 0 Å². The Morgan fingerprint density at radius 3 is 2.56 bits per heavy atom. The number of hydrogen-bond acceptors (Lipinski definition) is 5. The minimum absolute atomic E-state index is 0.0960. The van der Waals surface area contributed by atoms with Crippen LogP contribution in [0.4, 0.5) is 0 Å². The van der Waals surface area contributed by atoms with Crippen molar-refractivity contribution >= 4 is 32.4 Å². The highest BCUT2D eigenvalue weighted by Crippen LogP contribution is 2.24. The molecule has 0 bridgehead atoms. The lowest BCUT2D eigenvalue weighted by molar-refractivity contribution is -0.126. The maximum atomic E-state index is 13.2. The number of rotatable bonds is 9. The van der Waals surface area contributed by atoms with Crippen molar-refractivity contribution in [3.8, 4) is 6.07 Å². The van der Waals surface area contributed by atoms with Gasteiger partial charge in [0.1, 0.15) is 6.04 Å². The summed E-state index contributed by atoms with van der Waals surface area (Å²) in [6.07, 6.45) is 1.22. The van der Waals surface area contributed by atoms with Gasteiger partial charge in [0.05, 0.1) is 22.6 Å². The molecule has 32 heavy (non-hydrogen) atoms. The molecule has 2 amide bonds. The molecule has 0 saturated carbocycles. The van der Waals surface area contributed by atoms with E-state index >= 15 is 0 Å². The third kappa shape index (κ3) is 5.86. The number of benzene rings is 2. The van der Waals surface area contributed by atoms with Gasteiger partial charge in [0.25, 0.3) is 0 Å². The van der Waals surface area contributed by atoms with Crippen LogP contribution in [-0.2, 0) is 19.4 Å². The number of hydrogen-bond donors (Lipinski definition) is 2. The summed E-state index contributed by atoms with van der Waals surface area (Å²) >= 11 is 0. The first-order chi connectivity index (χ1) is 15.2. The second-order valence-electron chi connectivity index (χ2n) is 8.82. The zero-order valence-electron chi connectivity index (χ0n) is 18.4. The molecule has 0 radical (unpaired) electrons. The van der Waals surface area contributed by atoms with Crippen LogP contribution in [0.1, 0.15) is 33.1 Å². The fourth-order valence-electron chi connectivity index (χ4n) is 4.13. The quantitative estimate of drug-likeness (QED) is 0.603. The highest BCUT2D eigenvalue weighted by atomic mass is 32.2. The van der Waals surface area contributed by atoms with Crippen molar-refractivity contribution < 1.29 is 18.0 Å². The Hall–Kier alpha value is -2.92. The highest BCUT2D eigenvalue weighted by molar-refractivity contribution is 7.91. The Labute approximate surface area is 189 Å². The average Bonchev–Trinajstić information content (AvgIpc) is 3.16. The first-order valence-corrected chi connectivity index (χ1v) is 12.5. The molecule has 0 unspecified atom stereocenters. The van der Waals surface area contributed by atoms with Gasteiger partial charge in [-0.15, -0.1) is 0 Å². The third-order valence-corrected chi connectivity index (χ3v) is 7.60. The topological polar surface area (TPSA) is 116 Å². The minimum Gasteiger partial charge on any atom is -0.356 e. The van der Waals surface area contributed by atoms with Gasteiger partial charge in [-0.3, -0.25) is 9.59 Å². The van der Waals surface area contributed by atoms with Crippen LogP contribution in [0, 0.1) is 29.1 Å². The monoisotopic (exact) mass is 455 g/mol. The summed E-state index contributed by atoms with van der Waals surface area (Å²) in [5.74, 6) is -1.93. The van der Waals surface area contributed by atoms with E-state index in [1.807, 2.05) is 44.2 Å². The molecule has 0 aliphatic carbocycles. The van der Waals surface area contributed by atoms with Crippen LogP contribution in [0.5, 0.6) is 0 Å². The van der Waals surface area contributed by atoms with Gasteiger partial charge in [-0.05, 0) is 48.1 Å². The standard InChI is InChI=1S/C24H29N3O4S/c1-16(2)11-20(24(29)27-21(14-25)12-19-9-10-26-23(19)28)15-32(30,31)22-8-7-17-5-3-4-6-18(17)13-22/h3-8,13,16,19-21H,9-12,15H2,1-2H3,(H,26,28)(H,27,29)/t19-,20+,21-/m0/s1. The summed E-state index contributed by atoms with van der Waals surface area (Å²) in [7, 11) is -3.72. The van der Waals surface area contributed by atoms with E-state index in [1.54, 1.807) is 18.2 Å². The van der Waals surface area contributed by atoms with Crippen LogP contribution < -0.4 is 10.6 Å². The minimum atomic E-state index is -3.72. The van der Waals surface area contributed by atoms with E-state index in [1.165, 1.54) is 0 Å². The zero-order valence-corrected chi connectivity index (χ0v) is 19.2. The summed E-state index contributed by atoms with van der Waals surface area (Å²) < 4.78 is 26.3. The van der Waals surface area contributed by atoms with Gasteiger partial charge in [-0.1, -0.05) is 44.2 Å². The van der Waals surface area contributed by atoms with Gasteiger partial charge in [0.15, 0.2) is 9.84 Å². The number of nitriles is 1. The molecule has 8 heteroatoms. The van der Waals surface area contributed by atoms with Gasteiger partial charge in [0.2, 0.25) is 11.8 Å². The van der Waals surface area contributed by atoms with Crippen molar-refractivity contribution in [1.82, 2.24) is 10.6 Å². The van der Waals surface area contributed by atoms with Crippen molar-refractivity contribution in [1.29, 1.82) is 5.26 Å². The molecule has 1 fully saturated rings. The van der Waals surface area contributed by atoms with Crippen LogP contribution in [0.2, 0.25) is 0 Å². The number of carbonyl (C=O) groups excluding carboxylic acids is 2. The molecule has 2 aromatic rings. The Kier molecular flexibility index (Phi) is 7.52. The molecule has 3 rings (SSSR count). The van der Waals surface area contributed by atoms with Gasteiger partial charge in [-0.2, -0.15) is 5.26 Å². The average molecular weight is 456 g/mol. The molecule has 0 aromatic heterocycles. The lowest BCUT2D eigenvalue weighted by Gasteiger charge is -2.21. The number of amides is 2. The van der Waals surface area contributed by atoms with Crippen molar-refractivity contribution in [3.63, 3.8) is 0 Å². The molecule has 170 valence electrons. The van der Waals surface area contributed by atoms with Gasteiger partial charge in [-0.25, -0.2) is 8.42 Å². The molecule has 1 aliphatic rings. The third-order valence-electron chi connectivity index (χ3n) is 5.78. The van der Waals surface area contributed by atoms with E-state index in [4.69, 9.17) is 0 Å². The number of nitrogens with one attached hydrogen (secondary N) is 2. The van der Waals surface area contributed by atoms with E-state index in [9.17, 15) is 23.3 Å². The molecule has 2 N–H and O–H groups in total. The maximum Gasteiger partial charge on any atom is 0.225 e. The van der Waals surface area contributed by atoms with Crippen molar-refractivity contribution in [2.75, 3.05) is 12.3 Å². The van der Waals surface area contributed by atoms with Crippen molar-refractivity contribution in [2.45, 2.75) is 44.0 Å². The SMILES string of the molecule is CC(C)C[C@H](CS(=O)(=O)c1ccc2ccccc2c1)C(=O)N[C@H](C#N)C[C@@H]1CCNC1=O. The van der Waals surface area contributed by atoms with Gasteiger partial charge in [0, 0.05) is 12.5 Å². The molecule has 7 nitrogen and oxygen atoms in total. The molecule has 2 aromatic carbocycles. The van der Waals surface area contributed by atoms with Gasteiger partial charge < -0.3 is 10.6 Å². The summed E-state index contributed by atoms with van der Waals surface area (Å²) in [6, 6.07) is 13.7. The summed E-state index contributed by atoms with van der Waals surface area (Å²) in [5, 5.41) is 16.6. The lowest BCUT2D eigenvalue weighted by Crippen LogP contribution is -2.42. The Bertz CT molecular complexity index is 1140. The van der Waals surface area contributed by atoms with Crippen molar-refractivity contribution in [2.24, 2.45) is 17.8 Å².